The molecule has 28 heavy (non-hydrogen) atoms. The molecule has 2 aliphatic heterocycles. The molecule has 0 aliphatic carbocycles. The van der Waals surface area contributed by atoms with Crippen molar-refractivity contribution < 1.29 is 4.79 Å². The number of halogens is 1. The van der Waals surface area contributed by atoms with Crippen LogP contribution in [0, 0.1) is 13.8 Å². The summed E-state index contributed by atoms with van der Waals surface area (Å²) in [6.07, 6.45) is 1.94. The van der Waals surface area contributed by atoms with Gasteiger partial charge in [0.2, 0.25) is 0 Å². The third-order valence-corrected chi connectivity index (χ3v) is 5.76. The van der Waals surface area contributed by atoms with Crippen molar-refractivity contribution in [1.82, 2.24) is 14.6 Å². The van der Waals surface area contributed by atoms with Gasteiger partial charge in [0.15, 0.2) is 5.65 Å². The van der Waals surface area contributed by atoms with Gasteiger partial charge in [-0.1, -0.05) is 23.7 Å². The molecule has 6 nitrogen and oxygen atoms in total. The van der Waals surface area contributed by atoms with Crippen molar-refractivity contribution >= 4 is 34.6 Å². The van der Waals surface area contributed by atoms with Gasteiger partial charge < -0.3 is 0 Å². The van der Waals surface area contributed by atoms with Gasteiger partial charge in [-0.2, -0.15) is 0 Å². The number of fused-ring (bicyclic) bond motifs is 1. The second kappa shape index (κ2) is 6.01. The number of hydrogen-bond acceptors (Lipinski definition) is 4. The number of aromatic nitrogens is 3. The lowest BCUT2D eigenvalue weighted by Crippen LogP contribution is -2.32. The number of hydrogen-bond donors (Lipinski definition) is 0. The lowest BCUT2D eigenvalue weighted by atomic mass is 9.95. The summed E-state index contributed by atoms with van der Waals surface area (Å²) in [4.78, 5) is 19.8. The van der Waals surface area contributed by atoms with E-state index in [4.69, 9.17) is 11.6 Å². The Morgan fingerprint density at radius 1 is 1.11 bits per heavy atom. The number of carbonyl (C=O) groups excluding carboxylic acids is 1. The zero-order chi connectivity index (χ0) is 19.6. The number of rotatable bonds is 2. The molecule has 1 aromatic carbocycles. The second-order valence-electron chi connectivity index (χ2n) is 7.25. The number of aryl methyl sites for hydroxylation is 2. The van der Waals surface area contributed by atoms with Crippen LogP contribution in [0.5, 0.6) is 0 Å². The molecule has 0 saturated heterocycles. The number of carbonyl (C=O) groups is 1. The molecule has 7 heteroatoms. The molecule has 1 atom stereocenters. The number of benzene rings is 1. The average molecular weight is 392 g/mol. The van der Waals surface area contributed by atoms with E-state index in [0.717, 1.165) is 45.1 Å². The Morgan fingerprint density at radius 2 is 1.86 bits per heavy atom. The summed E-state index contributed by atoms with van der Waals surface area (Å²) in [5.74, 6) is 0.785. The summed E-state index contributed by atoms with van der Waals surface area (Å²) in [5.41, 5.74) is 6.30. The molecule has 1 amide bonds. The topological polar surface area (TPSA) is 62.9 Å². The molecule has 0 radical (unpaired) electrons. The van der Waals surface area contributed by atoms with Crippen LogP contribution >= 0.6 is 11.6 Å². The van der Waals surface area contributed by atoms with Crippen LogP contribution in [0.2, 0.25) is 5.02 Å². The molecule has 0 bridgehead atoms. The van der Waals surface area contributed by atoms with Gasteiger partial charge in [-0.3, -0.25) is 19.1 Å². The number of aliphatic imine (C=N–C) groups is 1. The van der Waals surface area contributed by atoms with E-state index >= 15 is 0 Å². The molecule has 0 fully saturated rings. The fourth-order valence-electron chi connectivity index (χ4n) is 4.13. The molecule has 2 aromatic heterocycles. The Labute approximate surface area is 167 Å². The van der Waals surface area contributed by atoms with E-state index < -0.39 is 0 Å². The van der Waals surface area contributed by atoms with Gasteiger partial charge in [-0.05, 0) is 50.1 Å². The normalized spacial score (nSPS) is 19.0. The predicted octanol–water partition coefficient (Wildman–Crippen LogP) is 3.86. The van der Waals surface area contributed by atoms with Crippen LogP contribution in [-0.2, 0) is 4.79 Å². The second-order valence-corrected chi connectivity index (χ2v) is 7.68. The minimum atomic E-state index is -0.223. The highest BCUT2D eigenvalue weighted by Crippen LogP contribution is 2.44. The van der Waals surface area contributed by atoms with Crippen LogP contribution in [0.15, 0.2) is 52.7 Å². The lowest BCUT2D eigenvalue weighted by molar-refractivity contribution is -0.114. The van der Waals surface area contributed by atoms with Crippen LogP contribution in [0.25, 0.3) is 5.65 Å². The van der Waals surface area contributed by atoms with E-state index in [1.165, 1.54) is 0 Å². The van der Waals surface area contributed by atoms with Crippen LogP contribution in [0.4, 0.5) is 5.69 Å². The first-order valence-electron chi connectivity index (χ1n) is 9.11. The van der Waals surface area contributed by atoms with E-state index in [1.54, 1.807) is 0 Å². The maximum Gasteiger partial charge on any atom is 0.257 e. The minimum Gasteiger partial charge on any atom is -0.295 e. The highest BCUT2D eigenvalue weighted by molar-refractivity contribution is 6.30. The fraction of sp³-hybridized carbons (Fsp3) is 0.238. The van der Waals surface area contributed by atoms with Crippen molar-refractivity contribution in [3.05, 3.63) is 69.6 Å². The Bertz CT molecular complexity index is 1210. The molecule has 0 saturated carbocycles. The third kappa shape index (κ3) is 2.34. The highest BCUT2D eigenvalue weighted by atomic mass is 35.5. The minimum absolute atomic E-state index is 0.0000255. The molecule has 4 heterocycles. The standard InChI is InChI=1S/C21H18ClN5O/c1-11-8-16(10-26-13(3)24-25-20(11)26)27-19(14-4-6-15(22)7-5-14)18-12(2)23-9-17(18)21(27)28/h4-8,10,19H,9H2,1-3H3. The molecule has 5 rings (SSSR count). The SMILES string of the molecule is CC1=NCC2=C1C(c1ccc(Cl)cc1)N(c1cc(C)c3nnc(C)n3c1)C2=O. The Hall–Kier alpha value is -2.99. The molecule has 0 N–H and O–H groups in total. The molecular formula is C21H18ClN5O. The summed E-state index contributed by atoms with van der Waals surface area (Å²) in [6.45, 7) is 6.30. The molecule has 2 aliphatic rings. The summed E-state index contributed by atoms with van der Waals surface area (Å²) < 4.78 is 1.93. The van der Waals surface area contributed by atoms with Crippen molar-refractivity contribution in [2.45, 2.75) is 26.8 Å². The first-order valence-corrected chi connectivity index (χ1v) is 9.49. The van der Waals surface area contributed by atoms with Crippen molar-refractivity contribution in [3.63, 3.8) is 0 Å². The number of anilines is 1. The number of pyridine rings is 1. The Balaban J connectivity index is 1.71. The zero-order valence-electron chi connectivity index (χ0n) is 15.8. The maximum atomic E-state index is 13.4. The van der Waals surface area contributed by atoms with Crippen molar-refractivity contribution in [3.8, 4) is 0 Å². The third-order valence-electron chi connectivity index (χ3n) is 5.51. The maximum absolute atomic E-state index is 13.4. The van der Waals surface area contributed by atoms with E-state index in [2.05, 4.69) is 15.2 Å². The predicted molar refractivity (Wildman–Crippen MR) is 109 cm³/mol. The van der Waals surface area contributed by atoms with Crippen LogP contribution in [0.3, 0.4) is 0 Å². The van der Waals surface area contributed by atoms with Gasteiger partial charge in [0, 0.05) is 28.1 Å². The van der Waals surface area contributed by atoms with Crippen LogP contribution < -0.4 is 4.90 Å². The van der Waals surface area contributed by atoms with Gasteiger partial charge in [0.05, 0.1) is 18.3 Å². The van der Waals surface area contributed by atoms with Crippen molar-refractivity contribution in [2.75, 3.05) is 11.4 Å². The first-order chi connectivity index (χ1) is 13.5. The molecule has 3 aromatic rings. The fourth-order valence-corrected chi connectivity index (χ4v) is 4.26. The molecular weight excluding hydrogens is 374 g/mol. The van der Waals surface area contributed by atoms with E-state index in [9.17, 15) is 4.79 Å². The number of nitrogens with zero attached hydrogens (tertiary/aromatic N) is 5. The smallest absolute Gasteiger partial charge is 0.257 e. The van der Waals surface area contributed by atoms with Gasteiger partial charge >= 0.3 is 0 Å². The van der Waals surface area contributed by atoms with Gasteiger partial charge in [0.1, 0.15) is 5.82 Å². The van der Waals surface area contributed by atoms with E-state index in [-0.39, 0.29) is 11.9 Å². The van der Waals surface area contributed by atoms with E-state index in [0.29, 0.717) is 11.6 Å². The van der Waals surface area contributed by atoms with Gasteiger partial charge in [0.25, 0.3) is 5.91 Å². The van der Waals surface area contributed by atoms with Crippen molar-refractivity contribution in [2.24, 2.45) is 4.99 Å². The Kier molecular flexibility index (Phi) is 3.67. The zero-order valence-corrected chi connectivity index (χ0v) is 16.5. The Morgan fingerprint density at radius 3 is 2.61 bits per heavy atom. The van der Waals surface area contributed by atoms with Gasteiger partial charge in [-0.15, -0.1) is 10.2 Å². The van der Waals surface area contributed by atoms with E-state index in [1.807, 2.05) is 66.6 Å². The summed E-state index contributed by atoms with van der Waals surface area (Å²) in [7, 11) is 0. The van der Waals surface area contributed by atoms with Gasteiger partial charge in [-0.25, -0.2) is 0 Å². The summed E-state index contributed by atoms with van der Waals surface area (Å²) in [5, 5.41) is 9.06. The lowest BCUT2D eigenvalue weighted by Gasteiger charge is -2.28. The largest absolute Gasteiger partial charge is 0.295 e. The van der Waals surface area contributed by atoms with Crippen LogP contribution in [-0.4, -0.2) is 32.8 Å². The average Bonchev–Trinajstić information content (AvgIpc) is 3.32. The molecule has 140 valence electrons. The monoisotopic (exact) mass is 391 g/mol. The summed E-state index contributed by atoms with van der Waals surface area (Å²) >= 11 is 6.10. The van der Waals surface area contributed by atoms with Crippen molar-refractivity contribution in [1.29, 1.82) is 0 Å². The summed E-state index contributed by atoms with van der Waals surface area (Å²) in [6, 6.07) is 9.45. The van der Waals surface area contributed by atoms with Crippen LogP contribution in [0.1, 0.15) is 29.9 Å². The molecule has 0 spiro atoms. The number of amides is 1. The highest BCUT2D eigenvalue weighted by Gasteiger charge is 2.44. The quantitative estimate of drug-likeness (QED) is 0.666. The first kappa shape index (κ1) is 17.1. The molecule has 1 unspecified atom stereocenters.